The van der Waals surface area contributed by atoms with E-state index in [0.29, 0.717) is 0 Å². The molecule has 0 amide bonds. The van der Waals surface area contributed by atoms with E-state index in [1.54, 1.807) is 23.4 Å². The van der Waals surface area contributed by atoms with E-state index in [0.717, 1.165) is 11.4 Å². The molecule has 13 heavy (non-hydrogen) atoms. The summed E-state index contributed by atoms with van der Waals surface area (Å²) in [5, 5.41) is 7.00. The van der Waals surface area contributed by atoms with Crippen molar-refractivity contribution in [2.24, 2.45) is 0 Å². The van der Waals surface area contributed by atoms with Crippen LogP contribution in [-0.4, -0.2) is 26.8 Å². The van der Waals surface area contributed by atoms with Gasteiger partial charge >= 0.3 is 0 Å². The Morgan fingerprint density at radius 3 is 2.92 bits per heavy atom. The van der Waals surface area contributed by atoms with Crippen molar-refractivity contribution in [3.8, 4) is 5.69 Å². The molecule has 2 aromatic rings. The fourth-order valence-electron chi connectivity index (χ4n) is 1.03. The van der Waals surface area contributed by atoms with Crippen molar-refractivity contribution in [3.63, 3.8) is 0 Å². The SMILES string of the molecule is CNc1cncc(-n2cncn2)c1. The molecule has 0 aliphatic rings. The minimum atomic E-state index is 0.893. The van der Waals surface area contributed by atoms with E-state index >= 15 is 0 Å². The summed E-state index contributed by atoms with van der Waals surface area (Å²) >= 11 is 0. The number of nitrogens with zero attached hydrogens (tertiary/aromatic N) is 4. The van der Waals surface area contributed by atoms with Gasteiger partial charge in [0.05, 0.1) is 23.8 Å². The number of nitrogens with one attached hydrogen (secondary N) is 1. The molecule has 5 heteroatoms. The van der Waals surface area contributed by atoms with Crippen molar-refractivity contribution < 1.29 is 0 Å². The molecular weight excluding hydrogens is 166 g/mol. The Balaban J connectivity index is 2.41. The zero-order valence-electron chi connectivity index (χ0n) is 7.18. The predicted molar refractivity (Wildman–Crippen MR) is 48.7 cm³/mol. The molecule has 0 aliphatic carbocycles. The molecule has 2 heterocycles. The number of aromatic nitrogens is 4. The maximum atomic E-state index is 4.06. The highest BCUT2D eigenvalue weighted by Crippen LogP contribution is 2.09. The van der Waals surface area contributed by atoms with Gasteiger partial charge in [0.1, 0.15) is 12.7 Å². The van der Waals surface area contributed by atoms with Gasteiger partial charge in [-0.05, 0) is 6.07 Å². The molecular formula is C8H9N5. The second kappa shape index (κ2) is 3.22. The Morgan fingerprint density at radius 2 is 2.23 bits per heavy atom. The topological polar surface area (TPSA) is 55.6 Å². The molecule has 0 atom stereocenters. The smallest absolute Gasteiger partial charge is 0.138 e. The summed E-state index contributed by atoms with van der Waals surface area (Å²) in [7, 11) is 1.85. The van der Waals surface area contributed by atoms with Crippen molar-refractivity contribution in [2.45, 2.75) is 0 Å². The van der Waals surface area contributed by atoms with Crippen LogP contribution >= 0.6 is 0 Å². The Hall–Kier alpha value is -1.91. The molecule has 2 aromatic heterocycles. The van der Waals surface area contributed by atoms with E-state index in [-0.39, 0.29) is 0 Å². The van der Waals surface area contributed by atoms with Crippen LogP contribution in [0.1, 0.15) is 0 Å². The molecule has 0 bridgehead atoms. The molecule has 2 rings (SSSR count). The second-order valence-corrected chi connectivity index (χ2v) is 2.52. The number of rotatable bonds is 2. The lowest BCUT2D eigenvalue weighted by Gasteiger charge is -2.02. The van der Waals surface area contributed by atoms with E-state index in [4.69, 9.17) is 0 Å². The summed E-state index contributed by atoms with van der Waals surface area (Å²) in [5.74, 6) is 0. The van der Waals surface area contributed by atoms with Gasteiger partial charge in [0.2, 0.25) is 0 Å². The van der Waals surface area contributed by atoms with Crippen molar-refractivity contribution in [3.05, 3.63) is 31.1 Å². The molecule has 1 N–H and O–H groups in total. The van der Waals surface area contributed by atoms with Crippen molar-refractivity contribution >= 4 is 5.69 Å². The first-order valence-electron chi connectivity index (χ1n) is 3.88. The Bertz CT molecular complexity index is 381. The first-order chi connectivity index (χ1) is 6.40. The van der Waals surface area contributed by atoms with E-state index in [9.17, 15) is 0 Å². The first kappa shape index (κ1) is 7.72. The fraction of sp³-hybridized carbons (Fsp3) is 0.125. The third kappa shape index (κ3) is 1.48. The minimum absolute atomic E-state index is 0.893. The monoisotopic (exact) mass is 175 g/mol. The van der Waals surface area contributed by atoms with E-state index < -0.39 is 0 Å². The van der Waals surface area contributed by atoms with Crippen LogP contribution in [0.5, 0.6) is 0 Å². The van der Waals surface area contributed by atoms with Gasteiger partial charge in [-0.3, -0.25) is 4.98 Å². The standard InChI is InChI=1S/C8H9N5/c1-9-7-2-8(4-10-3-7)13-6-11-5-12-13/h2-6,9H,1H3. The minimum Gasteiger partial charge on any atom is -0.387 e. The number of anilines is 1. The lowest BCUT2D eigenvalue weighted by atomic mass is 10.4. The van der Waals surface area contributed by atoms with Crippen LogP contribution < -0.4 is 5.32 Å². The Labute approximate surface area is 75.4 Å². The van der Waals surface area contributed by atoms with E-state index in [1.165, 1.54) is 6.33 Å². The molecule has 0 spiro atoms. The maximum Gasteiger partial charge on any atom is 0.138 e. The quantitative estimate of drug-likeness (QED) is 0.730. The van der Waals surface area contributed by atoms with Crippen molar-refractivity contribution in [1.82, 2.24) is 19.7 Å². The average Bonchev–Trinajstić information content (AvgIpc) is 2.71. The third-order valence-electron chi connectivity index (χ3n) is 1.70. The van der Waals surface area contributed by atoms with Gasteiger partial charge in [-0.1, -0.05) is 0 Å². The first-order valence-corrected chi connectivity index (χ1v) is 3.88. The highest BCUT2D eigenvalue weighted by Gasteiger charge is 1.97. The molecule has 0 saturated carbocycles. The van der Waals surface area contributed by atoms with Gasteiger partial charge in [-0.25, -0.2) is 9.67 Å². The molecule has 5 nitrogen and oxygen atoms in total. The predicted octanol–water partition coefficient (Wildman–Crippen LogP) is 0.704. The Morgan fingerprint density at radius 1 is 1.31 bits per heavy atom. The highest BCUT2D eigenvalue weighted by molar-refractivity contribution is 5.47. The molecule has 0 unspecified atom stereocenters. The largest absolute Gasteiger partial charge is 0.387 e. The third-order valence-corrected chi connectivity index (χ3v) is 1.70. The molecule has 66 valence electrons. The average molecular weight is 175 g/mol. The lowest BCUT2D eigenvalue weighted by molar-refractivity contribution is 0.872. The summed E-state index contributed by atoms with van der Waals surface area (Å²) in [6.07, 6.45) is 6.61. The van der Waals surface area contributed by atoms with Gasteiger partial charge in [0.25, 0.3) is 0 Å². The summed E-state index contributed by atoms with van der Waals surface area (Å²) in [4.78, 5) is 7.92. The van der Waals surface area contributed by atoms with Crippen LogP contribution in [0.15, 0.2) is 31.1 Å². The van der Waals surface area contributed by atoms with E-state index in [2.05, 4.69) is 20.4 Å². The van der Waals surface area contributed by atoms with Crippen LogP contribution in [-0.2, 0) is 0 Å². The summed E-state index contributed by atoms with van der Waals surface area (Å²) in [5.41, 5.74) is 1.84. The molecule has 0 aromatic carbocycles. The van der Waals surface area contributed by atoms with Crippen molar-refractivity contribution in [2.75, 3.05) is 12.4 Å². The highest BCUT2D eigenvalue weighted by atomic mass is 15.3. The zero-order valence-corrected chi connectivity index (χ0v) is 7.18. The van der Waals surface area contributed by atoms with Crippen LogP contribution in [0.25, 0.3) is 5.69 Å². The van der Waals surface area contributed by atoms with Crippen LogP contribution in [0.3, 0.4) is 0 Å². The van der Waals surface area contributed by atoms with Gasteiger partial charge in [0.15, 0.2) is 0 Å². The summed E-state index contributed by atoms with van der Waals surface area (Å²) in [6.45, 7) is 0. The van der Waals surface area contributed by atoms with Gasteiger partial charge < -0.3 is 5.32 Å². The number of hydrogen-bond acceptors (Lipinski definition) is 4. The number of hydrogen-bond donors (Lipinski definition) is 1. The molecule has 0 fully saturated rings. The van der Waals surface area contributed by atoms with Gasteiger partial charge in [-0.15, -0.1) is 0 Å². The lowest BCUT2D eigenvalue weighted by Crippen LogP contribution is -1.97. The maximum absolute atomic E-state index is 4.06. The van der Waals surface area contributed by atoms with Gasteiger partial charge in [0, 0.05) is 7.05 Å². The normalized spacial score (nSPS) is 9.92. The number of pyridine rings is 1. The fourth-order valence-corrected chi connectivity index (χ4v) is 1.03. The van der Waals surface area contributed by atoms with E-state index in [1.807, 2.05) is 13.1 Å². The molecule has 0 radical (unpaired) electrons. The molecule has 0 saturated heterocycles. The van der Waals surface area contributed by atoms with Crippen molar-refractivity contribution in [1.29, 1.82) is 0 Å². The Kier molecular flexibility index (Phi) is 1.91. The summed E-state index contributed by atoms with van der Waals surface area (Å²) < 4.78 is 1.66. The second-order valence-electron chi connectivity index (χ2n) is 2.52. The van der Waals surface area contributed by atoms with Crippen LogP contribution in [0.4, 0.5) is 5.69 Å². The zero-order chi connectivity index (χ0) is 9.10. The molecule has 0 aliphatic heterocycles. The van der Waals surface area contributed by atoms with Crippen LogP contribution in [0.2, 0.25) is 0 Å². The summed E-state index contributed by atoms with van der Waals surface area (Å²) in [6, 6.07) is 1.95. The van der Waals surface area contributed by atoms with Crippen LogP contribution in [0, 0.1) is 0 Å². The van der Waals surface area contributed by atoms with Gasteiger partial charge in [-0.2, -0.15) is 5.10 Å².